The highest BCUT2D eigenvalue weighted by Gasteiger charge is 2.21. The Morgan fingerprint density at radius 1 is 1.20 bits per heavy atom. The van der Waals surface area contributed by atoms with Crippen LogP contribution in [-0.4, -0.2) is 27.1 Å². The number of fused-ring (bicyclic) bond motifs is 3. The van der Waals surface area contributed by atoms with Crippen molar-refractivity contribution in [3.05, 3.63) is 56.4 Å². The number of benzene rings is 1. The molecule has 0 radical (unpaired) electrons. The van der Waals surface area contributed by atoms with Gasteiger partial charge in [-0.2, -0.15) is 0 Å². The Kier molecular flexibility index (Phi) is 5.87. The van der Waals surface area contributed by atoms with Crippen LogP contribution in [0.15, 0.2) is 34.2 Å². The van der Waals surface area contributed by atoms with Crippen LogP contribution in [0.4, 0.5) is 4.39 Å². The van der Waals surface area contributed by atoms with E-state index in [1.165, 1.54) is 21.6 Å². The summed E-state index contributed by atoms with van der Waals surface area (Å²) in [4.78, 5) is 43.5. The van der Waals surface area contributed by atoms with Crippen molar-refractivity contribution in [2.45, 2.75) is 30.8 Å². The summed E-state index contributed by atoms with van der Waals surface area (Å²) in [5, 5.41) is 1.16. The maximum Gasteiger partial charge on any atom is 0.269 e. The Hall–Kier alpha value is -2.72. The molecule has 2 heterocycles. The fourth-order valence-corrected chi connectivity index (χ4v) is 5.44. The SMILES string of the molecule is Cn1c(SCC(=O)NNC(=O)c2ccc(F)cc2)nc2sc3c(c2c1=O)CCCC3. The minimum atomic E-state index is -0.551. The molecule has 1 aliphatic rings. The Balaban J connectivity index is 1.41. The number of carbonyl (C=O) groups excluding carboxylic acids is 2. The minimum Gasteiger partial charge on any atom is -0.290 e. The maximum atomic E-state index is 12.9. The predicted molar refractivity (Wildman–Crippen MR) is 114 cm³/mol. The summed E-state index contributed by atoms with van der Waals surface area (Å²) in [6.07, 6.45) is 4.11. The van der Waals surface area contributed by atoms with Gasteiger partial charge in [0.1, 0.15) is 10.6 Å². The van der Waals surface area contributed by atoms with Crippen LogP contribution in [0.3, 0.4) is 0 Å². The Labute approximate surface area is 179 Å². The lowest BCUT2D eigenvalue weighted by Crippen LogP contribution is -2.42. The lowest BCUT2D eigenvalue weighted by Gasteiger charge is -2.11. The molecule has 0 atom stereocenters. The van der Waals surface area contributed by atoms with Crippen LogP contribution in [-0.2, 0) is 24.7 Å². The van der Waals surface area contributed by atoms with Crippen LogP contribution in [0, 0.1) is 5.82 Å². The van der Waals surface area contributed by atoms with Crippen molar-refractivity contribution < 1.29 is 14.0 Å². The van der Waals surface area contributed by atoms with Gasteiger partial charge in [-0.25, -0.2) is 9.37 Å². The molecule has 2 aromatic heterocycles. The summed E-state index contributed by atoms with van der Waals surface area (Å²) in [5.74, 6) is -1.48. The topological polar surface area (TPSA) is 93.1 Å². The van der Waals surface area contributed by atoms with E-state index in [4.69, 9.17) is 0 Å². The van der Waals surface area contributed by atoms with Crippen molar-refractivity contribution in [1.82, 2.24) is 20.4 Å². The molecule has 0 spiro atoms. The average Bonchev–Trinajstić information content (AvgIpc) is 3.12. The summed E-state index contributed by atoms with van der Waals surface area (Å²) in [6, 6.07) is 4.97. The number of rotatable bonds is 4. The number of aromatic nitrogens is 2. The first-order valence-corrected chi connectivity index (χ1v) is 11.2. The number of thioether (sulfide) groups is 1. The highest BCUT2D eigenvalue weighted by atomic mass is 32.2. The van der Waals surface area contributed by atoms with Crippen molar-refractivity contribution in [1.29, 1.82) is 0 Å². The summed E-state index contributed by atoms with van der Waals surface area (Å²) < 4.78 is 14.4. The lowest BCUT2D eigenvalue weighted by atomic mass is 9.97. The first-order valence-electron chi connectivity index (χ1n) is 9.43. The molecule has 2 N–H and O–H groups in total. The van der Waals surface area contributed by atoms with Gasteiger partial charge in [-0.15, -0.1) is 11.3 Å². The molecule has 0 fully saturated rings. The number of aryl methyl sites for hydroxylation is 2. The first-order chi connectivity index (χ1) is 14.4. The molecule has 1 aromatic carbocycles. The van der Waals surface area contributed by atoms with Crippen molar-refractivity contribution in [2.75, 3.05) is 5.75 Å². The summed E-state index contributed by atoms with van der Waals surface area (Å²) in [6.45, 7) is 0. The Morgan fingerprint density at radius 2 is 1.93 bits per heavy atom. The van der Waals surface area contributed by atoms with E-state index in [0.717, 1.165) is 60.0 Å². The number of hydrogen-bond donors (Lipinski definition) is 2. The second kappa shape index (κ2) is 8.57. The Bertz CT molecular complexity index is 1190. The lowest BCUT2D eigenvalue weighted by molar-refractivity contribution is -0.119. The van der Waals surface area contributed by atoms with E-state index in [1.54, 1.807) is 18.4 Å². The second-order valence-electron chi connectivity index (χ2n) is 6.95. The quantitative estimate of drug-likeness (QED) is 0.365. The number of amides is 2. The molecule has 0 saturated carbocycles. The monoisotopic (exact) mass is 446 g/mol. The molecular weight excluding hydrogens is 427 g/mol. The van der Waals surface area contributed by atoms with Gasteiger partial charge in [-0.05, 0) is 55.5 Å². The fourth-order valence-electron chi connectivity index (χ4n) is 3.36. The molecule has 2 amide bonds. The smallest absolute Gasteiger partial charge is 0.269 e. The highest BCUT2D eigenvalue weighted by Crippen LogP contribution is 2.34. The molecule has 3 aromatic rings. The van der Waals surface area contributed by atoms with Crippen LogP contribution in [0.2, 0.25) is 0 Å². The van der Waals surface area contributed by atoms with Crippen molar-refractivity contribution in [2.24, 2.45) is 7.05 Å². The molecule has 7 nitrogen and oxygen atoms in total. The van der Waals surface area contributed by atoms with Gasteiger partial charge >= 0.3 is 0 Å². The highest BCUT2D eigenvalue weighted by molar-refractivity contribution is 7.99. The van der Waals surface area contributed by atoms with Gasteiger partial charge in [0.2, 0.25) is 5.91 Å². The fraction of sp³-hybridized carbons (Fsp3) is 0.300. The third kappa shape index (κ3) is 4.10. The molecule has 4 rings (SSSR count). The van der Waals surface area contributed by atoms with Crippen LogP contribution in [0.25, 0.3) is 10.2 Å². The third-order valence-electron chi connectivity index (χ3n) is 4.91. The first kappa shape index (κ1) is 20.5. The number of nitrogens with one attached hydrogen (secondary N) is 2. The van der Waals surface area contributed by atoms with Crippen LogP contribution in [0.1, 0.15) is 33.6 Å². The molecular formula is C20H19FN4O3S2. The minimum absolute atomic E-state index is 0.0272. The number of halogens is 1. The number of carbonyl (C=O) groups is 2. The van der Waals surface area contributed by atoms with Gasteiger partial charge in [0.25, 0.3) is 11.5 Å². The largest absolute Gasteiger partial charge is 0.290 e. The molecule has 0 unspecified atom stereocenters. The summed E-state index contributed by atoms with van der Waals surface area (Å²) >= 11 is 2.69. The van der Waals surface area contributed by atoms with Gasteiger partial charge < -0.3 is 0 Å². The van der Waals surface area contributed by atoms with Crippen LogP contribution in [0.5, 0.6) is 0 Å². The molecule has 0 aliphatic heterocycles. The molecule has 10 heteroatoms. The number of nitrogens with zero attached hydrogens (tertiary/aromatic N) is 2. The van der Waals surface area contributed by atoms with Crippen LogP contribution >= 0.6 is 23.1 Å². The van der Waals surface area contributed by atoms with E-state index >= 15 is 0 Å². The zero-order valence-electron chi connectivity index (χ0n) is 16.2. The van der Waals surface area contributed by atoms with Crippen molar-refractivity contribution in [3.63, 3.8) is 0 Å². The van der Waals surface area contributed by atoms with E-state index < -0.39 is 17.6 Å². The van der Waals surface area contributed by atoms with E-state index in [2.05, 4.69) is 15.8 Å². The molecule has 0 bridgehead atoms. The van der Waals surface area contributed by atoms with Gasteiger partial charge in [0, 0.05) is 17.5 Å². The molecule has 0 saturated heterocycles. The van der Waals surface area contributed by atoms with E-state index in [0.29, 0.717) is 10.5 Å². The zero-order chi connectivity index (χ0) is 21.3. The van der Waals surface area contributed by atoms with E-state index in [1.807, 2.05) is 0 Å². The number of hydrogen-bond acceptors (Lipinski definition) is 6. The summed E-state index contributed by atoms with van der Waals surface area (Å²) in [5.41, 5.74) is 5.86. The predicted octanol–water partition coefficient (Wildman–Crippen LogP) is 2.57. The van der Waals surface area contributed by atoms with Crippen molar-refractivity contribution >= 4 is 45.1 Å². The van der Waals surface area contributed by atoms with E-state index in [-0.39, 0.29) is 16.9 Å². The van der Waals surface area contributed by atoms with Gasteiger partial charge in [-0.1, -0.05) is 11.8 Å². The second-order valence-corrected chi connectivity index (χ2v) is 8.97. The molecule has 30 heavy (non-hydrogen) atoms. The zero-order valence-corrected chi connectivity index (χ0v) is 17.8. The third-order valence-corrected chi connectivity index (χ3v) is 7.13. The van der Waals surface area contributed by atoms with E-state index in [9.17, 15) is 18.8 Å². The maximum absolute atomic E-state index is 12.9. The van der Waals surface area contributed by atoms with Gasteiger partial charge in [0.15, 0.2) is 5.16 Å². The van der Waals surface area contributed by atoms with Gasteiger partial charge in [-0.3, -0.25) is 29.8 Å². The summed E-state index contributed by atoms with van der Waals surface area (Å²) in [7, 11) is 1.65. The van der Waals surface area contributed by atoms with Gasteiger partial charge in [0.05, 0.1) is 11.1 Å². The molecule has 156 valence electrons. The normalized spacial score (nSPS) is 13.1. The van der Waals surface area contributed by atoms with Crippen molar-refractivity contribution in [3.8, 4) is 0 Å². The number of thiophene rings is 1. The molecule has 1 aliphatic carbocycles. The number of hydrazine groups is 1. The van der Waals surface area contributed by atoms with Crippen LogP contribution < -0.4 is 16.4 Å². The average molecular weight is 447 g/mol. The Morgan fingerprint density at radius 3 is 2.70 bits per heavy atom. The standard InChI is InChI=1S/C20H19FN4O3S2/c1-25-19(28)16-13-4-2-3-5-14(13)30-18(16)22-20(25)29-10-15(26)23-24-17(27)11-6-8-12(21)9-7-11/h6-9H,2-5,10H2,1H3,(H,23,26)(H,24,27).